The molecule has 0 aliphatic carbocycles. The number of hydrogen-bond acceptors (Lipinski definition) is 6. The van der Waals surface area contributed by atoms with E-state index in [1.165, 1.54) is 10.4 Å². The normalized spacial score (nSPS) is 20.7. The van der Waals surface area contributed by atoms with Crippen LogP contribution in [0.15, 0.2) is 23.1 Å². The molecular formula is C12H13N3O4S2. The second-order valence-corrected chi connectivity index (χ2v) is 7.36. The molecule has 7 nitrogen and oxygen atoms in total. The Morgan fingerprint density at radius 2 is 2.19 bits per heavy atom. The molecule has 0 bridgehead atoms. The minimum absolute atomic E-state index is 0.00558. The predicted molar refractivity (Wildman–Crippen MR) is 76.5 cm³/mol. The molecule has 1 aromatic carbocycles. The van der Waals surface area contributed by atoms with E-state index in [4.69, 9.17) is 5.11 Å². The fourth-order valence-corrected chi connectivity index (χ4v) is 4.77. The van der Waals surface area contributed by atoms with Crippen molar-refractivity contribution in [3.63, 3.8) is 0 Å². The van der Waals surface area contributed by atoms with Gasteiger partial charge in [-0.15, -0.1) is 0 Å². The molecule has 3 rings (SSSR count). The predicted octanol–water partition coefficient (Wildman–Crippen LogP) is 1.18. The average molecular weight is 327 g/mol. The number of carboxylic acid groups (broad SMARTS) is 1. The molecule has 0 saturated carbocycles. The maximum Gasteiger partial charge on any atom is 0.307 e. The lowest BCUT2D eigenvalue weighted by atomic mass is 10.0. The molecule has 1 saturated heterocycles. The first-order valence-corrected chi connectivity index (χ1v) is 8.61. The van der Waals surface area contributed by atoms with Gasteiger partial charge in [0.2, 0.25) is 10.0 Å². The fraction of sp³-hybridized carbons (Fsp3) is 0.417. The van der Waals surface area contributed by atoms with E-state index < -0.39 is 21.9 Å². The molecule has 9 heteroatoms. The number of aromatic nitrogens is 2. The van der Waals surface area contributed by atoms with Crippen molar-refractivity contribution < 1.29 is 18.3 Å². The first-order valence-electron chi connectivity index (χ1n) is 6.44. The molecule has 0 radical (unpaired) electrons. The van der Waals surface area contributed by atoms with Gasteiger partial charge in [0.25, 0.3) is 0 Å². The Kier molecular flexibility index (Phi) is 3.64. The van der Waals surface area contributed by atoms with Crippen LogP contribution in [-0.4, -0.2) is 45.6 Å². The lowest BCUT2D eigenvalue weighted by molar-refractivity contribution is -0.142. The first kappa shape index (κ1) is 14.4. The molecule has 21 heavy (non-hydrogen) atoms. The van der Waals surface area contributed by atoms with Gasteiger partial charge in [-0.3, -0.25) is 4.79 Å². The Labute approximate surface area is 125 Å². The van der Waals surface area contributed by atoms with Gasteiger partial charge in [0.1, 0.15) is 15.9 Å². The summed E-state index contributed by atoms with van der Waals surface area (Å²) in [7, 11) is -3.75. The monoisotopic (exact) mass is 327 g/mol. The van der Waals surface area contributed by atoms with Crippen LogP contribution in [0, 0.1) is 5.92 Å². The summed E-state index contributed by atoms with van der Waals surface area (Å²) in [6.45, 7) is 0.339. The average Bonchev–Trinajstić information content (AvgIpc) is 2.95. The third-order valence-corrected chi connectivity index (χ3v) is 6.04. The smallest absolute Gasteiger partial charge is 0.307 e. The fourth-order valence-electron chi connectivity index (χ4n) is 2.49. The standard InChI is InChI=1S/C12H13N3O4S2/c16-12(17)8-3-2-6-15(7-8)21(18,19)10-5-1-4-9-11(10)14-20-13-9/h1,4-5,8H,2-3,6-7H2,(H,16,17). The van der Waals surface area contributed by atoms with Gasteiger partial charge in [0.15, 0.2) is 0 Å². The van der Waals surface area contributed by atoms with Crippen LogP contribution in [0.3, 0.4) is 0 Å². The van der Waals surface area contributed by atoms with Crippen molar-refractivity contribution in [1.82, 2.24) is 13.1 Å². The molecule has 2 heterocycles. The lowest BCUT2D eigenvalue weighted by Gasteiger charge is -2.29. The van der Waals surface area contributed by atoms with Crippen LogP contribution in [0.4, 0.5) is 0 Å². The van der Waals surface area contributed by atoms with Crippen LogP contribution in [0.5, 0.6) is 0 Å². The molecule has 0 amide bonds. The highest BCUT2D eigenvalue weighted by Crippen LogP contribution is 2.28. The van der Waals surface area contributed by atoms with E-state index in [0.717, 1.165) is 11.7 Å². The summed E-state index contributed by atoms with van der Waals surface area (Å²) < 4.78 is 34.8. The highest BCUT2D eigenvalue weighted by Gasteiger charge is 2.34. The third kappa shape index (κ3) is 2.52. The zero-order valence-electron chi connectivity index (χ0n) is 11.0. The Morgan fingerprint density at radius 3 is 2.95 bits per heavy atom. The highest BCUT2D eigenvalue weighted by atomic mass is 32.2. The van der Waals surface area contributed by atoms with Gasteiger partial charge in [-0.25, -0.2) is 8.42 Å². The minimum Gasteiger partial charge on any atom is -0.481 e. The van der Waals surface area contributed by atoms with Crippen molar-refractivity contribution in [3.05, 3.63) is 18.2 Å². The number of carbonyl (C=O) groups is 1. The van der Waals surface area contributed by atoms with E-state index in [9.17, 15) is 13.2 Å². The summed E-state index contributed by atoms with van der Waals surface area (Å²) in [5.41, 5.74) is 0.882. The highest BCUT2D eigenvalue weighted by molar-refractivity contribution is 7.89. The van der Waals surface area contributed by atoms with Crippen LogP contribution < -0.4 is 0 Å². The van der Waals surface area contributed by atoms with Gasteiger partial charge in [0, 0.05) is 13.1 Å². The molecule has 1 aliphatic heterocycles. The van der Waals surface area contributed by atoms with E-state index in [1.807, 2.05) is 0 Å². The molecule has 1 atom stereocenters. The Bertz CT molecular complexity index is 787. The van der Waals surface area contributed by atoms with Gasteiger partial charge in [-0.05, 0) is 25.0 Å². The van der Waals surface area contributed by atoms with Gasteiger partial charge in [-0.2, -0.15) is 13.1 Å². The van der Waals surface area contributed by atoms with Crippen LogP contribution in [0.25, 0.3) is 11.0 Å². The molecule has 112 valence electrons. The summed E-state index contributed by atoms with van der Waals surface area (Å²) in [5, 5.41) is 9.09. The summed E-state index contributed by atoms with van der Waals surface area (Å²) in [6, 6.07) is 4.81. The van der Waals surface area contributed by atoms with Crippen molar-refractivity contribution in [3.8, 4) is 0 Å². The van der Waals surface area contributed by atoms with Crippen LogP contribution in [-0.2, 0) is 14.8 Å². The largest absolute Gasteiger partial charge is 0.481 e. The molecule has 0 spiro atoms. The minimum atomic E-state index is -3.75. The van der Waals surface area contributed by atoms with E-state index in [2.05, 4.69) is 8.75 Å². The van der Waals surface area contributed by atoms with Crippen LogP contribution >= 0.6 is 11.7 Å². The number of nitrogens with zero attached hydrogens (tertiary/aromatic N) is 3. The summed E-state index contributed by atoms with van der Waals surface area (Å²) in [6.07, 6.45) is 1.05. The third-order valence-electron chi connectivity index (χ3n) is 3.60. The number of carboxylic acids is 1. The molecule has 1 aromatic heterocycles. The lowest BCUT2D eigenvalue weighted by Crippen LogP contribution is -2.42. The van der Waals surface area contributed by atoms with Crippen LogP contribution in [0.1, 0.15) is 12.8 Å². The number of hydrogen-bond donors (Lipinski definition) is 1. The zero-order chi connectivity index (χ0) is 15.0. The summed E-state index contributed by atoms with van der Waals surface area (Å²) >= 11 is 0.958. The quantitative estimate of drug-likeness (QED) is 0.908. The Balaban J connectivity index is 2.00. The second kappa shape index (κ2) is 5.32. The number of sulfonamides is 1. The van der Waals surface area contributed by atoms with E-state index in [0.29, 0.717) is 30.4 Å². The van der Waals surface area contributed by atoms with Crippen molar-refractivity contribution >= 4 is 38.8 Å². The Morgan fingerprint density at radius 1 is 1.38 bits per heavy atom. The maximum atomic E-state index is 12.7. The topological polar surface area (TPSA) is 100 Å². The van der Waals surface area contributed by atoms with Crippen molar-refractivity contribution in [2.24, 2.45) is 5.92 Å². The molecule has 2 aromatic rings. The number of rotatable bonds is 3. The zero-order valence-corrected chi connectivity index (χ0v) is 12.6. The Hall–Kier alpha value is -1.58. The summed E-state index contributed by atoms with van der Waals surface area (Å²) in [5.74, 6) is -1.61. The second-order valence-electron chi connectivity index (χ2n) is 4.93. The van der Waals surface area contributed by atoms with Gasteiger partial charge in [0.05, 0.1) is 17.6 Å². The maximum absolute atomic E-state index is 12.7. The summed E-state index contributed by atoms with van der Waals surface area (Å²) in [4.78, 5) is 11.2. The molecule has 1 fully saturated rings. The van der Waals surface area contributed by atoms with Gasteiger partial charge < -0.3 is 5.11 Å². The van der Waals surface area contributed by atoms with E-state index in [-0.39, 0.29) is 11.4 Å². The van der Waals surface area contributed by atoms with Gasteiger partial charge in [-0.1, -0.05) is 6.07 Å². The van der Waals surface area contributed by atoms with E-state index >= 15 is 0 Å². The van der Waals surface area contributed by atoms with Crippen molar-refractivity contribution in [2.45, 2.75) is 17.7 Å². The molecule has 1 N–H and O–H groups in total. The number of piperidine rings is 1. The number of fused-ring (bicyclic) bond motifs is 1. The first-order chi connectivity index (χ1) is 10.00. The molecular weight excluding hydrogens is 314 g/mol. The van der Waals surface area contributed by atoms with Crippen LogP contribution in [0.2, 0.25) is 0 Å². The van der Waals surface area contributed by atoms with Crippen molar-refractivity contribution in [2.75, 3.05) is 13.1 Å². The van der Waals surface area contributed by atoms with Gasteiger partial charge >= 0.3 is 5.97 Å². The number of aliphatic carboxylic acids is 1. The van der Waals surface area contributed by atoms with E-state index in [1.54, 1.807) is 12.1 Å². The SMILES string of the molecule is O=C(O)C1CCCN(S(=O)(=O)c2cccc3nsnc23)C1. The van der Waals surface area contributed by atoms with Crippen molar-refractivity contribution in [1.29, 1.82) is 0 Å². The molecule has 1 unspecified atom stereocenters. The number of benzene rings is 1. The molecule has 1 aliphatic rings.